The number of rotatable bonds is 2. The van der Waals surface area contributed by atoms with E-state index in [0.29, 0.717) is 27.1 Å². The Morgan fingerprint density at radius 3 is 2.84 bits per heavy atom. The average molecular weight is 295 g/mol. The molecule has 0 aromatic carbocycles. The highest BCUT2D eigenvalue weighted by Crippen LogP contribution is 2.35. The first-order valence-corrected chi connectivity index (χ1v) is 6.43. The number of imidazole rings is 1. The second kappa shape index (κ2) is 4.22. The van der Waals surface area contributed by atoms with E-state index < -0.39 is 4.92 Å². The van der Waals surface area contributed by atoms with Crippen LogP contribution in [0.25, 0.3) is 16.2 Å². The number of pyridine rings is 1. The number of nitrogens with two attached hydrogens (primary N) is 1. The molecule has 6 nitrogen and oxygen atoms in total. The van der Waals surface area contributed by atoms with Crippen molar-refractivity contribution in [2.45, 2.75) is 0 Å². The number of fused-ring (bicyclic) bond motifs is 1. The molecule has 0 aliphatic rings. The molecule has 3 heterocycles. The number of hydrogen-bond acceptors (Lipinski definition) is 5. The minimum Gasteiger partial charge on any atom is -0.383 e. The predicted molar refractivity (Wildman–Crippen MR) is 74.6 cm³/mol. The molecule has 3 aromatic rings. The Balaban J connectivity index is 2.19. The van der Waals surface area contributed by atoms with E-state index in [1.165, 1.54) is 6.07 Å². The summed E-state index contributed by atoms with van der Waals surface area (Å²) in [5, 5.41) is 11.3. The molecular formula is C11H7ClN4O2S. The van der Waals surface area contributed by atoms with Gasteiger partial charge in [-0.05, 0) is 18.2 Å². The molecular weight excluding hydrogens is 288 g/mol. The first-order valence-electron chi connectivity index (χ1n) is 5.24. The van der Waals surface area contributed by atoms with Crippen molar-refractivity contribution in [3.8, 4) is 10.6 Å². The van der Waals surface area contributed by atoms with Gasteiger partial charge in [-0.25, -0.2) is 4.98 Å². The number of nitro groups is 1. The van der Waals surface area contributed by atoms with Gasteiger partial charge in [-0.2, -0.15) is 0 Å². The van der Waals surface area contributed by atoms with Crippen LogP contribution in [0, 0.1) is 10.1 Å². The summed E-state index contributed by atoms with van der Waals surface area (Å²) in [6.07, 6.45) is 1.66. The fourth-order valence-electron chi connectivity index (χ4n) is 1.77. The summed E-state index contributed by atoms with van der Waals surface area (Å²) in [7, 11) is 0. The molecule has 0 spiro atoms. The van der Waals surface area contributed by atoms with Crippen LogP contribution in [0.2, 0.25) is 5.02 Å². The molecule has 0 aliphatic carbocycles. The third kappa shape index (κ3) is 1.92. The monoisotopic (exact) mass is 294 g/mol. The summed E-state index contributed by atoms with van der Waals surface area (Å²) in [6, 6.07) is 6.53. The Kier molecular flexibility index (Phi) is 2.65. The highest BCUT2D eigenvalue weighted by Gasteiger charge is 2.17. The number of nitrogens with zero attached hydrogens (tertiary/aromatic N) is 3. The Bertz CT molecular complexity index is 795. The zero-order valence-electron chi connectivity index (χ0n) is 9.41. The molecule has 0 fully saturated rings. The van der Waals surface area contributed by atoms with E-state index in [1.54, 1.807) is 28.8 Å². The summed E-state index contributed by atoms with van der Waals surface area (Å²) in [5.74, 6) is 0.411. The fourth-order valence-corrected chi connectivity index (χ4v) is 2.75. The van der Waals surface area contributed by atoms with Crippen molar-refractivity contribution in [2.24, 2.45) is 0 Å². The van der Waals surface area contributed by atoms with Crippen molar-refractivity contribution in [1.82, 2.24) is 9.38 Å². The molecule has 0 aliphatic heterocycles. The molecule has 3 aromatic heterocycles. The Labute approximate surface area is 116 Å². The number of hydrogen-bond donors (Lipinski definition) is 1. The topological polar surface area (TPSA) is 86.5 Å². The van der Waals surface area contributed by atoms with Crippen molar-refractivity contribution >= 4 is 39.4 Å². The lowest BCUT2D eigenvalue weighted by Gasteiger charge is -1.96. The van der Waals surface area contributed by atoms with Crippen molar-refractivity contribution in [3.05, 3.63) is 45.6 Å². The third-order valence-corrected chi connectivity index (χ3v) is 3.89. The first-order chi connectivity index (χ1) is 9.06. The molecule has 19 heavy (non-hydrogen) atoms. The molecule has 2 N–H and O–H groups in total. The van der Waals surface area contributed by atoms with Crippen LogP contribution in [-0.2, 0) is 0 Å². The highest BCUT2D eigenvalue weighted by atomic mass is 35.5. The number of nitrogen functional groups attached to an aromatic ring is 1. The second-order valence-electron chi connectivity index (χ2n) is 3.82. The quantitative estimate of drug-likeness (QED) is 0.581. The van der Waals surface area contributed by atoms with Gasteiger partial charge in [0, 0.05) is 12.3 Å². The molecule has 0 atom stereocenters. The Morgan fingerprint density at radius 1 is 1.37 bits per heavy atom. The molecule has 0 bridgehead atoms. The molecule has 0 saturated heterocycles. The van der Waals surface area contributed by atoms with Crippen LogP contribution in [0.1, 0.15) is 0 Å². The van der Waals surface area contributed by atoms with Crippen molar-refractivity contribution in [1.29, 1.82) is 0 Å². The lowest BCUT2D eigenvalue weighted by atomic mass is 10.3. The molecule has 3 rings (SSSR count). The molecule has 0 unspecified atom stereocenters. The summed E-state index contributed by atoms with van der Waals surface area (Å²) in [5.41, 5.74) is 7.18. The zero-order chi connectivity index (χ0) is 13.6. The maximum atomic E-state index is 10.7. The van der Waals surface area contributed by atoms with Gasteiger partial charge in [0.15, 0.2) is 0 Å². The van der Waals surface area contributed by atoms with Crippen LogP contribution < -0.4 is 5.73 Å². The van der Waals surface area contributed by atoms with E-state index in [9.17, 15) is 10.1 Å². The summed E-state index contributed by atoms with van der Waals surface area (Å²) < 4.78 is 1.66. The van der Waals surface area contributed by atoms with E-state index in [2.05, 4.69) is 4.98 Å². The van der Waals surface area contributed by atoms with E-state index in [0.717, 1.165) is 11.3 Å². The standard InChI is InChI=1S/C11H7ClN4O2S/c12-6-1-3-8-14-10(11(13)15(8)5-6)7-2-4-9(19-7)16(17)18/h1-5H,13H2. The zero-order valence-corrected chi connectivity index (χ0v) is 11.0. The van der Waals surface area contributed by atoms with Gasteiger partial charge in [0.1, 0.15) is 17.2 Å². The number of anilines is 1. The Morgan fingerprint density at radius 2 is 2.16 bits per heavy atom. The van der Waals surface area contributed by atoms with Gasteiger partial charge >= 0.3 is 5.00 Å². The first kappa shape index (κ1) is 11.9. The minimum atomic E-state index is -0.434. The lowest BCUT2D eigenvalue weighted by molar-refractivity contribution is -0.380. The van der Waals surface area contributed by atoms with Crippen LogP contribution in [-0.4, -0.2) is 14.3 Å². The van der Waals surface area contributed by atoms with Gasteiger partial charge < -0.3 is 5.73 Å². The predicted octanol–water partition coefficient (Wildman–Crippen LogP) is 3.21. The van der Waals surface area contributed by atoms with E-state index in [1.807, 2.05) is 0 Å². The SMILES string of the molecule is Nc1c(-c2ccc([N+](=O)[O-])s2)nc2ccc(Cl)cn12. The van der Waals surface area contributed by atoms with Crippen LogP contribution in [0.3, 0.4) is 0 Å². The minimum absolute atomic E-state index is 0.0597. The summed E-state index contributed by atoms with van der Waals surface area (Å²) in [6.45, 7) is 0. The van der Waals surface area contributed by atoms with Crippen LogP contribution in [0.15, 0.2) is 30.5 Å². The van der Waals surface area contributed by atoms with Crippen LogP contribution >= 0.6 is 22.9 Å². The largest absolute Gasteiger partial charge is 0.383 e. The second-order valence-corrected chi connectivity index (χ2v) is 5.31. The fraction of sp³-hybridized carbons (Fsp3) is 0. The molecule has 96 valence electrons. The molecule has 0 saturated carbocycles. The van der Waals surface area contributed by atoms with E-state index in [-0.39, 0.29) is 5.00 Å². The van der Waals surface area contributed by atoms with E-state index in [4.69, 9.17) is 17.3 Å². The van der Waals surface area contributed by atoms with Crippen LogP contribution in [0.5, 0.6) is 0 Å². The van der Waals surface area contributed by atoms with Crippen LogP contribution in [0.4, 0.5) is 10.8 Å². The van der Waals surface area contributed by atoms with Crippen molar-refractivity contribution < 1.29 is 4.92 Å². The van der Waals surface area contributed by atoms with Gasteiger partial charge in [0.2, 0.25) is 0 Å². The average Bonchev–Trinajstić information content (AvgIpc) is 2.95. The summed E-state index contributed by atoms with van der Waals surface area (Å²) in [4.78, 5) is 15.3. The lowest BCUT2D eigenvalue weighted by Crippen LogP contribution is -1.93. The van der Waals surface area contributed by atoms with E-state index >= 15 is 0 Å². The van der Waals surface area contributed by atoms with Gasteiger partial charge in [0.25, 0.3) is 0 Å². The molecule has 8 heteroatoms. The highest BCUT2D eigenvalue weighted by molar-refractivity contribution is 7.18. The normalized spacial score (nSPS) is 11.0. The smallest absolute Gasteiger partial charge is 0.324 e. The maximum absolute atomic E-state index is 10.7. The maximum Gasteiger partial charge on any atom is 0.324 e. The summed E-state index contributed by atoms with van der Waals surface area (Å²) >= 11 is 6.94. The molecule has 0 radical (unpaired) electrons. The van der Waals surface area contributed by atoms with Gasteiger partial charge in [0.05, 0.1) is 14.8 Å². The van der Waals surface area contributed by atoms with Crippen molar-refractivity contribution in [2.75, 3.05) is 5.73 Å². The van der Waals surface area contributed by atoms with Gasteiger partial charge in [-0.15, -0.1) is 0 Å². The van der Waals surface area contributed by atoms with Gasteiger partial charge in [-0.1, -0.05) is 22.9 Å². The number of thiophene rings is 1. The van der Waals surface area contributed by atoms with Gasteiger partial charge in [-0.3, -0.25) is 14.5 Å². The number of aromatic nitrogens is 2. The third-order valence-electron chi connectivity index (χ3n) is 2.62. The van der Waals surface area contributed by atoms with Crippen molar-refractivity contribution in [3.63, 3.8) is 0 Å². The number of halogens is 1. The molecule has 0 amide bonds. The Hall–Kier alpha value is -2.12.